The summed E-state index contributed by atoms with van der Waals surface area (Å²) in [5.41, 5.74) is 0. The molecule has 74 valence electrons. The Morgan fingerprint density at radius 1 is 1.54 bits per heavy atom. The standard InChI is InChI=1S/C9H14O4/c1-2-6-4-3-5-7(8(6)10)13-9(11)12/h2,6-8,10H,1,3-5H2,(H,11,12). The molecule has 1 aliphatic rings. The molecule has 1 saturated carbocycles. The van der Waals surface area contributed by atoms with E-state index in [1.54, 1.807) is 6.08 Å². The minimum atomic E-state index is -1.33. The van der Waals surface area contributed by atoms with Gasteiger partial charge >= 0.3 is 6.16 Å². The molecule has 0 aromatic rings. The highest BCUT2D eigenvalue weighted by atomic mass is 16.7. The summed E-state index contributed by atoms with van der Waals surface area (Å²) < 4.78 is 4.55. The molecule has 1 aliphatic carbocycles. The molecule has 0 aromatic carbocycles. The molecule has 0 amide bonds. The minimum absolute atomic E-state index is 0.0434. The largest absolute Gasteiger partial charge is 0.506 e. The lowest BCUT2D eigenvalue weighted by atomic mass is 9.84. The number of rotatable bonds is 2. The molecule has 0 aromatic heterocycles. The molecule has 1 fully saturated rings. The first-order chi connectivity index (χ1) is 6.15. The fourth-order valence-corrected chi connectivity index (χ4v) is 1.69. The molecular formula is C9H14O4. The van der Waals surface area contributed by atoms with Crippen molar-refractivity contribution in [3.8, 4) is 0 Å². The van der Waals surface area contributed by atoms with Gasteiger partial charge in [-0.15, -0.1) is 6.58 Å². The Bertz CT molecular complexity index is 202. The minimum Gasteiger partial charge on any atom is -0.450 e. The summed E-state index contributed by atoms with van der Waals surface area (Å²) in [6.07, 6.45) is 1.32. The van der Waals surface area contributed by atoms with E-state index in [2.05, 4.69) is 11.3 Å². The molecule has 2 N–H and O–H groups in total. The summed E-state index contributed by atoms with van der Waals surface area (Å²) in [6, 6.07) is 0. The Morgan fingerprint density at radius 3 is 2.77 bits per heavy atom. The third-order valence-electron chi connectivity index (χ3n) is 2.40. The van der Waals surface area contributed by atoms with Gasteiger partial charge in [0.15, 0.2) is 0 Å². The third kappa shape index (κ3) is 2.45. The van der Waals surface area contributed by atoms with Crippen molar-refractivity contribution in [2.45, 2.75) is 31.5 Å². The van der Waals surface area contributed by atoms with Gasteiger partial charge in [0.05, 0.1) is 6.10 Å². The molecule has 4 nitrogen and oxygen atoms in total. The van der Waals surface area contributed by atoms with Crippen LogP contribution in [0.4, 0.5) is 4.79 Å². The number of carbonyl (C=O) groups is 1. The van der Waals surface area contributed by atoms with Crippen LogP contribution >= 0.6 is 0 Å². The molecular weight excluding hydrogens is 172 g/mol. The van der Waals surface area contributed by atoms with Gasteiger partial charge in [-0.2, -0.15) is 0 Å². The van der Waals surface area contributed by atoms with Crippen LogP contribution in [0.1, 0.15) is 19.3 Å². The van der Waals surface area contributed by atoms with Crippen molar-refractivity contribution >= 4 is 6.16 Å². The van der Waals surface area contributed by atoms with Crippen LogP contribution in [0.5, 0.6) is 0 Å². The third-order valence-corrected chi connectivity index (χ3v) is 2.40. The van der Waals surface area contributed by atoms with Gasteiger partial charge in [-0.3, -0.25) is 0 Å². The lowest BCUT2D eigenvalue weighted by Crippen LogP contribution is -2.39. The second-order valence-corrected chi connectivity index (χ2v) is 3.24. The highest BCUT2D eigenvalue weighted by Crippen LogP contribution is 2.27. The maximum Gasteiger partial charge on any atom is 0.506 e. The lowest BCUT2D eigenvalue weighted by Gasteiger charge is -2.31. The van der Waals surface area contributed by atoms with Gasteiger partial charge in [-0.1, -0.05) is 6.08 Å². The summed E-state index contributed by atoms with van der Waals surface area (Å²) in [7, 11) is 0. The molecule has 1 rings (SSSR count). The van der Waals surface area contributed by atoms with Crippen LogP contribution in [0.25, 0.3) is 0 Å². The van der Waals surface area contributed by atoms with Crippen molar-refractivity contribution in [2.75, 3.05) is 0 Å². The van der Waals surface area contributed by atoms with Crippen molar-refractivity contribution in [2.24, 2.45) is 5.92 Å². The Hall–Kier alpha value is -1.03. The molecule has 0 bridgehead atoms. The van der Waals surface area contributed by atoms with Gasteiger partial charge in [0.1, 0.15) is 6.10 Å². The number of aliphatic hydroxyl groups excluding tert-OH is 1. The number of hydrogen-bond donors (Lipinski definition) is 2. The molecule has 13 heavy (non-hydrogen) atoms. The predicted octanol–water partition coefficient (Wildman–Crippen LogP) is 1.40. The van der Waals surface area contributed by atoms with Crippen LogP contribution in [-0.4, -0.2) is 28.6 Å². The fraction of sp³-hybridized carbons (Fsp3) is 0.667. The van der Waals surface area contributed by atoms with E-state index in [-0.39, 0.29) is 5.92 Å². The van der Waals surface area contributed by atoms with Crippen molar-refractivity contribution in [1.29, 1.82) is 0 Å². The molecule has 0 radical (unpaired) electrons. The second-order valence-electron chi connectivity index (χ2n) is 3.24. The summed E-state index contributed by atoms with van der Waals surface area (Å²) in [4.78, 5) is 10.2. The zero-order valence-electron chi connectivity index (χ0n) is 7.35. The Morgan fingerprint density at radius 2 is 2.23 bits per heavy atom. The van der Waals surface area contributed by atoms with Crippen LogP contribution in [0, 0.1) is 5.92 Å². The molecule has 3 unspecified atom stereocenters. The Balaban J connectivity index is 2.54. The van der Waals surface area contributed by atoms with Gasteiger partial charge < -0.3 is 14.9 Å². The molecule has 3 atom stereocenters. The summed E-state index contributed by atoms with van der Waals surface area (Å²) in [5, 5.41) is 18.0. The SMILES string of the molecule is C=CC1CCCC(OC(=O)O)C1O. The van der Waals surface area contributed by atoms with Gasteiger partial charge in [-0.05, 0) is 19.3 Å². The normalized spacial score (nSPS) is 33.8. The number of hydrogen-bond acceptors (Lipinski definition) is 3. The zero-order chi connectivity index (χ0) is 9.84. The fourth-order valence-electron chi connectivity index (χ4n) is 1.69. The quantitative estimate of drug-likeness (QED) is 0.505. The topological polar surface area (TPSA) is 66.8 Å². The van der Waals surface area contributed by atoms with E-state index in [0.29, 0.717) is 6.42 Å². The first-order valence-corrected chi connectivity index (χ1v) is 4.35. The average molecular weight is 186 g/mol. The van der Waals surface area contributed by atoms with Crippen molar-refractivity contribution in [3.63, 3.8) is 0 Å². The summed E-state index contributed by atoms with van der Waals surface area (Å²) in [6.45, 7) is 3.59. The highest BCUT2D eigenvalue weighted by molar-refractivity contribution is 5.57. The monoisotopic (exact) mass is 186 g/mol. The number of aliphatic hydroxyl groups is 1. The van der Waals surface area contributed by atoms with Crippen LogP contribution in [0.2, 0.25) is 0 Å². The first-order valence-electron chi connectivity index (χ1n) is 4.35. The smallest absolute Gasteiger partial charge is 0.450 e. The van der Waals surface area contributed by atoms with E-state index < -0.39 is 18.4 Å². The Kier molecular flexibility index (Phi) is 3.31. The van der Waals surface area contributed by atoms with Gasteiger partial charge in [0.2, 0.25) is 0 Å². The van der Waals surface area contributed by atoms with E-state index in [1.807, 2.05) is 0 Å². The number of ether oxygens (including phenoxy) is 1. The van der Waals surface area contributed by atoms with Gasteiger partial charge in [-0.25, -0.2) is 4.79 Å². The van der Waals surface area contributed by atoms with E-state index in [1.165, 1.54) is 0 Å². The van der Waals surface area contributed by atoms with Crippen LogP contribution in [0.3, 0.4) is 0 Å². The Labute approximate surface area is 76.8 Å². The summed E-state index contributed by atoms with van der Waals surface area (Å²) in [5.74, 6) is -0.0434. The molecule has 4 heteroatoms. The number of carboxylic acid groups (broad SMARTS) is 1. The molecule has 0 spiro atoms. The maximum atomic E-state index is 10.2. The van der Waals surface area contributed by atoms with E-state index >= 15 is 0 Å². The predicted molar refractivity (Wildman–Crippen MR) is 46.4 cm³/mol. The highest BCUT2D eigenvalue weighted by Gasteiger charge is 2.32. The first kappa shape index (κ1) is 10.1. The van der Waals surface area contributed by atoms with Crippen molar-refractivity contribution in [1.82, 2.24) is 0 Å². The zero-order valence-corrected chi connectivity index (χ0v) is 7.35. The lowest BCUT2D eigenvalue weighted by molar-refractivity contribution is -0.0550. The van der Waals surface area contributed by atoms with Crippen LogP contribution in [-0.2, 0) is 4.74 Å². The van der Waals surface area contributed by atoms with Crippen molar-refractivity contribution < 1.29 is 19.7 Å². The van der Waals surface area contributed by atoms with Crippen LogP contribution in [0.15, 0.2) is 12.7 Å². The second kappa shape index (κ2) is 4.28. The van der Waals surface area contributed by atoms with Crippen molar-refractivity contribution in [3.05, 3.63) is 12.7 Å². The molecule has 0 heterocycles. The maximum absolute atomic E-state index is 10.2. The molecule has 0 saturated heterocycles. The van der Waals surface area contributed by atoms with E-state index in [0.717, 1.165) is 12.8 Å². The molecule has 0 aliphatic heterocycles. The summed E-state index contributed by atoms with van der Waals surface area (Å²) >= 11 is 0. The van der Waals surface area contributed by atoms with E-state index in [9.17, 15) is 9.90 Å². The van der Waals surface area contributed by atoms with E-state index in [4.69, 9.17) is 5.11 Å². The van der Waals surface area contributed by atoms with Crippen LogP contribution < -0.4 is 0 Å². The van der Waals surface area contributed by atoms with Gasteiger partial charge in [0.25, 0.3) is 0 Å². The average Bonchev–Trinajstić information content (AvgIpc) is 2.08. The van der Waals surface area contributed by atoms with Gasteiger partial charge in [0, 0.05) is 5.92 Å².